The van der Waals surface area contributed by atoms with Gasteiger partial charge in [-0.1, -0.05) is 104 Å². The maximum atomic E-state index is 2.29. The van der Waals surface area contributed by atoms with Gasteiger partial charge in [0, 0.05) is 0 Å². The summed E-state index contributed by atoms with van der Waals surface area (Å²) in [6.07, 6.45) is 20.4. The van der Waals surface area contributed by atoms with Gasteiger partial charge < -0.3 is 0 Å². The van der Waals surface area contributed by atoms with Crippen molar-refractivity contribution >= 4 is 0 Å². The molecule has 0 saturated carbocycles. The van der Waals surface area contributed by atoms with E-state index in [-0.39, 0.29) is 7.43 Å². The summed E-state index contributed by atoms with van der Waals surface area (Å²) < 4.78 is 0. The Kier molecular flexibility index (Phi) is 20.9. The van der Waals surface area contributed by atoms with Gasteiger partial charge in [-0.05, 0) is 7.43 Å². The molecule has 0 aromatic heterocycles. The van der Waals surface area contributed by atoms with E-state index in [4.69, 9.17) is 0 Å². The molecule has 0 heteroatoms. The normalized spacial score (nSPS) is 10.2. The van der Waals surface area contributed by atoms with Gasteiger partial charge in [-0.15, -0.1) is 0 Å². The van der Waals surface area contributed by atoms with Crippen LogP contribution in [-0.4, -0.2) is 0 Å². The Morgan fingerprint density at radius 3 is 0.706 bits per heavy atom. The van der Waals surface area contributed by atoms with Crippen molar-refractivity contribution in [1.29, 1.82) is 0 Å². The third kappa shape index (κ3) is 18.6. The molecule has 17 heavy (non-hydrogen) atoms. The molecule has 0 spiro atoms. The highest BCUT2D eigenvalue weighted by atomic mass is 14.0. The molecule has 0 bridgehead atoms. The minimum absolute atomic E-state index is 0. The molecule has 0 atom stereocenters. The minimum Gasteiger partial charge on any atom is -0.0654 e. The fourth-order valence-corrected chi connectivity index (χ4v) is 2.27. The molecule has 0 heterocycles. The second-order valence-electron chi connectivity index (χ2n) is 5.24. The van der Waals surface area contributed by atoms with Crippen molar-refractivity contribution in [3.05, 3.63) is 7.43 Å². The van der Waals surface area contributed by atoms with Crippen molar-refractivity contribution in [3.8, 4) is 0 Å². The molecular formula is C17H35. The first-order valence-corrected chi connectivity index (χ1v) is 7.91. The Balaban J connectivity index is 0. The summed E-state index contributed by atoms with van der Waals surface area (Å²) in [5.41, 5.74) is 0. The molecule has 0 aliphatic rings. The number of unbranched alkanes of at least 4 members (excludes halogenated alkanes) is 13. The van der Waals surface area contributed by atoms with Crippen molar-refractivity contribution in [2.75, 3.05) is 0 Å². The maximum absolute atomic E-state index is 2.29. The third-order valence-corrected chi connectivity index (χ3v) is 3.46. The van der Waals surface area contributed by atoms with Gasteiger partial charge in [-0.2, -0.15) is 0 Å². The highest BCUT2D eigenvalue weighted by molar-refractivity contribution is 4.48. The van der Waals surface area contributed by atoms with Crippen molar-refractivity contribution in [1.82, 2.24) is 0 Å². The van der Waals surface area contributed by atoms with Gasteiger partial charge in [0.15, 0.2) is 0 Å². The van der Waals surface area contributed by atoms with E-state index in [1.54, 1.807) is 0 Å². The predicted octanol–water partition coefficient (Wildman–Crippen LogP) is 6.69. The van der Waals surface area contributed by atoms with E-state index in [9.17, 15) is 0 Å². The van der Waals surface area contributed by atoms with Crippen LogP contribution in [0, 0.1) is 7.43 Å². The van der Waals surface area contributed by atoms with E-state index in [1.165, 1.54) is 89.9 Å². The molecule has 0 amide bonds. The average Bonchev–Trinajstić information content (AvgIpc) is 2.31. The van der Waals surface area contributed by atoms with E-state index in [0.29, 0.717) is 0 Å². The fraction of sp³-hybridized carbons (Fsp3) is 0.941. The summed E-state index contributed by atoms with van der Waals surface area (Å²) in [6, 6.07) is 0. The summed E-state index contributed by atoms with van der Waals surface area (Å²) >= 11 is 0. The zero-order valence-corrected chi connectivity index (χ0v) is 12.5. The van der Waals surface area contributed by atoms with Crippen LogP contribution < -0.4 is 0 Å². The van der Waals surface area contributed by atoms with E-state index in [2.05, 4.69) is 13.8 Å². The molecule has 0 nitrogen and oxygen atoms in total. The molecule has 0 rings (SSSR count). The summed E-state index contributed by atoms with van der Waals surface area (Å²) in [4.78, 5) is 0. The molecular weight excluding hydrogens is 204 g/mol. The topological polar surface area (TPSA) is 0 Å². The Morgan fingerprint density at radius 1 is 0.353 bits per heavy atom. The van der Waals surface area contributed by atoms with E-state index in [1.807, 2.05) is 0 Å². The Bertz CT molecular complexity index is 92.6. The van der Waals surface area contributed by atoms with E-state index < -0.39 is 0 Å². The zero-order valence-electron chi connectivity index (χ0n) is 12.5. The minimum atomic E-state index is 0. The molecule has 0 unspecified atom stereocenters. The van der Waals surface area contributed by atoms with E-state index >= 15 is 0 Å². The molecule has 0 aromatic rings. The second kappa shape index (κ2) is 18.4. The molecule has 0 aromatic carbocycles. The van der Waals surface area contributed by atoms with Crippen LogP contribution in [-0.2, 0) is 0 Å². The van der Waals surface area contributed by atoms with E-state index in [0.717, 1.165) is 0 Å². The second-order valence-corrected chi connectivity index (χ2v) is 5.24. The molecule has 0 aliphatic heterocycles. The highest BCUT2D eigenvalue weighted by Crippen LogP contribution is 2.12. The standard InChI is InChI=1S/C16H34.CH/c1-3-5-7-9-11-13-15-16-14-12-10-8-6-4-2;/h3-16H2,1-2H3;1H. The molecule has 0 fully saturated rings. The van der Waals surface area contributed by atoms with Crippen LogP contribution in [0.15, 0.2) is 0 Å². The largest absolute Gasteiger partial charge is 0.0654 e. The Morgan fingerprint density at radius 2 is 0.529 bits per heavy atom. The van der Waals surface area contributed by atoms with Gasteiger partial charge in [0.2, 0.25) is 0 Å². The zero-order chi connectivity index (χ0) is 11.9. The molecule has 0 N–H and O–H groups in total. The van der Waals surface area contributed by atoms with Crippen LogP contribution in [0.25, 0.3) is 0 Å². The van der Waals surface area contributed by atoms with Crippen molar-refractivity contribution in [3.63, 3.8) is 0 Å². The van der Waals surface area contributed by atoms with Crippen molar-refractivity contribution in [2.45, 2.75) is 104 Å². The first kappa shape index (κ1) is 19.3. The van der Waals surface area contributed by atoms with Gasteiger partial charge >= 0.3 is 0 Å². The lowest BCUT2D eigenvalue weighted by Crippen LogP contribution is -1.82. The van der Waals surface area contributed by atoms with Gasteiger partial charge in [0.25, 0.3) is 0 Å². The lowest BCUT2D eigenvalue weighted by Gasteiger charge is -2.02. The molecule has 3 radical (unpaired) electrons. The Labute approximate surface area is 112 Å². The maximum Gasteiger partial charge on any atom is -0.0312 e. The van der Waals surface area contributed by atoms with Gasteiger partial charge in [-0.25, -0.2) is 0 Å². The molecule has 0 saturated heterocycles. The first-order valence-electron chi connectivity index (χ1n) is 7.91. The predicted molar refractivity (Wildman–Crippen MR) is 80.3 cm³/mol. The van der Waals surface area contributed by atoms with Crippen LogP contribution >= 0.6 is 0 Å². The third-order valence-electron chi connectivity index (χ3n) is 3.46. The smallest absolute Gasteiger partial charge is 0.0312 e. The summed E-state index contributed by atoms with van der Waals surface area (Å²) in [5, 5.41) is 0. The Hall–Kier alpha value is 0. The summed E-state index contributed by atoms with van der Waals surface area (Å²) in [7, 11) is 0. The fourth-order valence-electron chi connectivity index (χ4n) is 2.27. The monoisotopic (exact) mass is 239 g/mol. The van der Waals surface area contributed by atoms with Crippen LogP contribution in [0.3, 0.4) is 0 Å². The van der Waals surface area contributed by atoms with Gasteiger partial charge in [0.1, 0.15) is 0 Å². The lowest BCUT2D eigenvalue weighted by atomic mass is 10.0. The molecule has 103 valence electrons. The number of hydrogen-bond acceptors (Lipinski definition) is 0. The van der Waals surface area contributed by atoms with Crippen molar-refractivity contribution in [2.24, 2.45) is 0 Å². The van der Waals surface area contributed by atoms with Gasteiger partial charge in [0.05, 0.1) is 0 Å². The van der Waals surface area contributed by atoms with Crippen LogP contribution in [0.5, 0.6) is 0 Å². The average molecular weight is 239 g/mol. The summed E-state index contributed by atoms with van der Waals surface area (Å²) in [6.45, 7) is 4.58. The summed E-state index contributed by atoms with van der Waals surface area (Å²) in [5.74, 6) is 0. The molecule has 0 aliphatic carbocycles. The lowest BCUT2D eigenvalue weighted by molar-refractivity contribution is 0.538. The SMILES string of the molecule is CCCCCCCCCCCCCCCC.[CH]. The number of rotatable bonds is 13. The van der Waals surface area contributed by atoms with Crippen LogP contribution in [0.4, 0.5) is 0 Å². The van der Waals surface area contributed by atoms with Crippen LogP contribution in [0.2, 0.25) is 0 Å². The first-order chi connectivity index (χ1) is 7.91. The highest BCUT2D eigenvalue weighted by Gasteiger charge is 1.92. The quantitative estimate of drug-likeness (QED) is 0.314. The van der Waals surface area contributed by atoms with Crippen molar-refractivity contribution < 1.29 is 0 Å². The van der Waals surface area contributed by atoms with Gasteiger partial charge in [-0.3, -0.25) is 0 Å². The van der Waals surface area contributed by atoms with Crippen LogP contribution in [0.1, 0.15) is 104 Å². The number of hydrogen-bond donors (Lipinski definition) is 0.